The Bertz CT molecular complexity index is 630. The van der Waals surface area contributed by atoms with Crippen molar-refractivity contribution in [3.63, 3.8) is 0 Å². The molecule has 0 aliphatic carbocycles. The summed E-state index contributed by atoms with van der Waals surface area (Å²) in [6, 6.07) is 4.44. The molecule has 0 unspecified atom stereocenters. The van der Waals surface area contributed by atoms with Crippen LogP contribution >= 0.6 is 0 Å². The lowest BCUT2D eigenvalue weighted by molar-refractivity contribution is -0.138. The first-order chi connectivity index (χ1) is 9.30. The minimum absolute atomic E-state index is 0.0296. The van der Waals surface area contributed by atoms with Crippen molar-refractivity contribution < 1.29 is 22.7 Å². The van der Waals surface area contributed by atoms with Crippen LogP contribution in [0.1, 0.15) is 16.1 Å². The number of aryl methyl sites for hydroxylation is 1. The van der Waals surface area contributed by atoms with E-state index in [1.807, 2.05) is 0 Å². The van der Waals surface area contributed by atoms with Gasteiger partial charge >= 0.3 is 12.1 Å². The Hall–Kier alpha value is -2.51. The summed E-state index contributed by atoms with van der Waals surface area (Å²) in [6.07, 6.45) is -3.40. The number of hydrogen-bond donors (Lipinski definition) is 1. The highest BCUT2D eigenvalue weighted by Gasteiger charge is 2.35. The number of benzene rings is 1. The molecule has 1 heterocycles. The second kappa shape index (κ2) is 4.87. The molecule has 0 saturated carbocycles. The van der Waals surface area contributed by atoms with Crippen molar-refractivity contribution in [1.82, 2.24) is 9.78 Å². The molecule has 106 valence electrons. The molecule has 1 aromatic heterocycles. The van der Waals surface area contributed by atoms with E-state index in [-0.39, 0.29) is 11.4 Å². The van der Waals surface area contributed by atoms with E-state index in [0.717, 1.165) is 16.8 Å². The van der Waals surface area contributed by atoms with Crippen molar-refractivity contribution in [2.75, 3.05) is 5.73 Å². The van der Waals surface area contributed by atoms with E-state index < -0.39 is 23.5 Å². The fourth-order valence-corrected chi connectivity index (χ4v) is 1.64. The van der Waals surface area contributed by atoms with Gasteiger partial charge < -0.3 is 10.5 Å². The molecular formula is C12H10F3N3O2. The number of carbonyl (C=O) groups excluding carboxylic acids is 1. The Balaban J connectivity index is 2.34. The van der Waals surface area contributed by atoms with E-state index in [0.29, 0.717) is 0 Å². The molecule has 2 N–H and O–H groups in total. The first kappa shape index (κ1) is 13.9. The molecule has 0 aliphatic heterocycles. The summed E-state index contributed by atoms with van der Waals surface area (Å²) in [4.78, 5) is 11.9. The van der Waals surface area contributed by atoms with Gasteiger partial charge in [0.25, 0.3) is 0 Å². The van der Waals surface area contributed by atoms with Crippen molar-refractivity contribution in [3.8, 4) is 5.75 Å². The highest BCUT2D eigenvalue weighted by Crippen LogP contribution is 2.36. The van der Waals surface area contributed by atoms with E-state index in [1.165, 1.54) is 25.4 Å². The molecule has 0 radical (unpaired) electrons. The van der Waals surface area contributed by atoms with Gasteiger partial charge in [0.15, 0.2) is 5.69 Å². The molecule has 20 heavy (non-hydrogen) atoms. The topological polar surface area (TPSA) is 70.1 Å². The molecule has 0 aliphatic rings. The summed E-state index contributed by atoms with van der Waals surface area (Å²) in [7, 11) is 1.43. The number of alkyl halides is 3. The van der Waals surface area contributed by atoms with Crippen LogP contribution in [-0.4, -0.2) is 15.7 Å². The lowest BCUT2D eigenvalue weighted by atomic mass is 10.2. The minimum atomic E-state index is -4.62. The Morgan fingerprint density at radius 1 is 1.35 bits per heavy atom. The molecule has 1 aromatic carbocycles. The van der Waals surface area contributed by atoms with Crippen molar-refractivity contribution in [1.29, 1.82) is 0 Å². The summed E-state index contributed by atoms with van der Waals surface area (Å²) < 4.78 is 44.2. The lowest BCUT2D eigenvalue weighted by Gasteiger charge is -2.12. The number of nitrogens with zero attached hydrogens (tertiary/aromatic N) is 2. The van der Waals surface area contributed by atoms with Crippen LogP contribution < -0.4 is 10.5 Å². The Morgan fingerprint density at radius 3 is 2.55 bits per heavy atom. The van der Waals surface area contributed by atoms with Gasteiger partial charge in [-0.2, -0.15) is 18.3 Å². The van der Waals surface area contributed by atoms with Gasteiger partial charge in [0.05, 0.1) is 17.4 Å². The fraction of sp³-hybridized carbons (Fsp3) is 0.167. The first-order valence-electron chi connectivity index (χ1n) is 5.46. The van der Waals surface area contributed by atoms with Gasteiger partial charge in [-0.15, -0.1) is 0 Å². The molecule has 2 aromatic rings. The number of rotatable bonds is 2. The number of carbonyl (C=O) groups is 1. The smallest absolute Gasteiger partial charge is 0.419 e. The predicted molar refractivity (Wildman–Crippen MR) is 64.0 cm³/mol. The molecular weight excluding hydrogens is 275 g/mol. The van der Waals surface area contributed by atoms with Gasteiger partial charge in [0.1, 0.15) is 5.75 Å². The quantitative estimate of drug-likeness (QED) is 0.678. The van der Waals surface area contributed by atoms with Crippen LogP contribution in [0.15, 0.2) is 30.5 Å². The van der Waals surface area contributed by atoms with Crippen molar-refractivity contribution in [3.05, 3.63) is 41.7 Å². The standard InChI is InChI=1S/C12H10F3N3O2/c1-18-10(8(16)6-17-18)11(19)20-9-5-3-2-4-7(9)12(13,14)15/h2-6H,16H2,1H3. The second-order valence-corrected chi connectivity index (χ2v) is 3.96. The summed E-state index contributed by atoms with van der Waals surface area (Å²) >= 11 is 0. The van der Waals surface area contributed by atoms with E-state index in [2.05, 4.69) is 5.10 Å². The van der Waals surface area contributed by atoms with Crippen LogP contribution in [0.3, 0.4) is 0 Å². The largest absolute Gasteiger partial charge is 0.421 e. The van der Waals surface area contributed by atoms with Crippen molar-refractivity contribution >= 4 is 11.7 Å². The fourth-order valence-electron chi connectivity index (χ4n) is 1.64. The highest BCUT2D eigenvalue weighted by molar-refractivity contribution is 5.94. The first-order valence-corrected chi connectivity index (χ1v) is 5.46. The van der Waals surface area contributed by atoms with Crippen LogP contribution in [0.5, 0.6) is 5.75 Å². The third-order valence-corrected chi connectivity index (χ3v) is 2.56. The molecule has 0 amide bonds. The SMILES string of the molecule is Cn1ncc(N)c1C(=O)Oc1ccccc1C(F)(F)F. The maximum absolute atomic E-state index is 12.8. The van der Waals surface area contributed by atoms with Crippen molar-refractivity contribution in [2.45, 2.75) is 6.18 Å². The molecule has 0 saturated heterocycles. The van der Waals surface area contributed by atoms with Crippen LogP contribution in [0, 0.1) is 0 Å². The van der Waals surface area contributed by atoms with Gasteiger partial charge in [-0.25, -0.2) is 4.79 Å². The van der Waals surface area contributed by atoms with Crippen LogP contribution in [0.25, 0.3) is 0 Å². The zero-order valence-electron chi connectivity index (χ0n) is 10.3. The number of aromatic nitrogens is 2. The monoisotopic (exact) mass is 285 g/mol. The predicted octanol–water partition coefficient (Wildman–Crippen LogP) is 2.24. The van der Waals surface area contributed by atoms with Crippen LogP contribution in [0.2, 0.25) is 0 Å². The van der Waals surface area contributed by atoms with E-state index >= 15 is 0 Å². The van der Waals surface area contributed by atoms with Gasteiger partial charge in [0.2, 0.25) is 0 Å². The Kier molecular flexibility index (Phi) is 3.39. The second-order valence-electron chi connectivity index (χ2n) is 3.96. The Morgan fingerprint density at radius 2 is 2.00 bits per heavy atom. The molecule has 0 fully saturated rings. The third kappa shape index (κ3) is 2.58. The lowest BCUT2D eigenvalue weighted by Crippen LogP contribution is -2.17. The zero-order chi connectivity index (χ0) is 14.9. The molecule has 0 spiro atoms. The molecule has 0 bridgehead atoms. The molecule has 5 nitrogen and oxygen atoms in total. The summed E-state index contributed by atoms with van der Waals surface area (Å²) in [5, 5.41) is 3.72. The average Bonchev–Trinajstić information content (AvgIpc) is 2.68. The summed E-state index contributed by atoms with van der Waals surface area (Å²) in [5.74, 6) is -1.58. The zero-order valence-corrected chi connectivity index (χ0v) is 10.3. The number of ether oxygens (including phenoxy) is 1. The minimum Gasteiger partial charge on any atom is -0.421 e. The van der Waals surface area contributed by atoms with Gasteiger partial charge in [0, 0.05) is 7.05 Å². The number of nitrogens with two attached hydrogens (primary N) is 1. The normalized spacial score (nSPS) is 11.4. The average molecular weight is 285 g/mol. The van der Waals surface area contributed by atoms with Gasteiger partial charge in [-0.3, -0.25) is 4.68 Å². The summed E-state index contributed by atoms with van der Waals surface area (Å²) in [5.41, 5.74) is 4.40. The molecule has 8 heteroatoms. The molecule has 0 atom stereocenters. The molecule has 2 rings (SSSR count). The number of halogens is 3. The van der Waals surface area contributed by atoms with Gasteiger partial charge in [-0.1, -0.05) is 12.1 Å². The van der Waals surface area contributed by atoms with E-state index in [4.69, 9.17) is 10.5 Å². The summed E-state index contributed by atoms with van der Waals surface area (Å²) in [6.45, 7) is 0. The third-order valence-electron chi connectivity index (χ3n) is 2.56. The van der Waals surface area contributed by atoms with E-state index in [1.54, 1.807) is 0 Å². The van der Waals surface area contributed by atoms with Crippen molar-refractivity contribution in [2.24, 2.45) is 7.05 Å². The number of anilines is 1. The van der Waals surface area contributed by atoms with Gasteiger partial charge in [-0.05, 0) is 12.1 Å². The number of hydrogen-bond acceptors (Lipinski definition) is 4. The number of nitrogen functional groups attached to an aromatic ring is 1. The van der Waals surface area contributed by atoms with Crippen LogP contribution in [-0.2, 0) is 13.2 Å². The van der Waals surface area contributed by atoms with Crippen LogP contribution in [0.4, 0.5) is 18.9 Å². The maximum Gasteiger partial charge on any atom is 0.419 e. The maximum atomic E-state index is 12.8. The highest BCUT2D eigenvalue weighted by atomic mass is 19.4. The number of para-hydroxylation sites is 1. The van der Waals surface area contributed by atoms with E-state index in [9.17, 15) is 18.0 Å². The Labute approximate surface area is 111 Å². The number of esters is 1.